The third-order valence-electron chi connectivity index (χ3n) is 3.89. The normalized spacial score (nSPS) is 14.4. The highest BCUT2D eigenvalue weighted by atomic mass is 35.5. The Hall–Kier alpha value is -1.79. The molecule has 24 heavy (non-hydrogen) atoms. The second-order valence-corrected chi connectivity index (χ2v) is 6.00. The van der Waals surface area contributed by atoms with Crippen LogP contribution in [0.25, 0.3) is 0 Å². The summed E-state index contributed by atoms with van der Waals surface area (Å²) in [5.41, 5.74) is 0.729. The average Bonchev–Trinajstić information content (AvgIpc) is 2.52. The second-order valence-electron chi connectivity index (χ2n) is 5.57. The molecule has 0 spiro atoms. The number of ether oxygens (including phenoxy) is 1. The Labute approximate surface area is 141 Å². The summed E-state index contributed by atoms with van der Waals surface area (Å²) >= 11 is 5.66. The fourth-order valence-electron chi connectivity index (χ4n) is 2.65. The van der Waals surface area contributed by atoms with Gasteiger partial charge < -0.3 is 10.1 Å². The first-order valence-electron chi connectivity index (χ1n) is 7.35. The van der Waals surface area contributed by atoms with E-state index >= 15 is 0 Å². The highest BCUT2D eigenvalue weighted by Gasteiger charge is 2.35. The van der Waals surface area contributed by atoms with Crippen LogP contribution in [0.3, 0.4) is 0 Å². The lowest BCUT2D eigenvalue weighted by Gasteiger charge is -2.22. The molecular weight excluding hydrogens is 346 g/mol. The SMILES string of the molecule is Fc1cc(Cl)ccc1COc1cc2c(cc1C(F)(F)F)CCNC2. The van der Waals surface area contributed by atoms with Gasteiger partial charge in [-0.1, -0.05) is 17.7 Å². The van der Waals surface area contributed by atoms with E-state index < -0.39 is 17.6 Å². The molecule has 0 amide bonds. The number of alkyl halides is 3. The van der Waals surface area contributed by atoms with Gasteiger partial charge in [0.2, 0.25) is 0 Å². The van der Waals surface area contributed by atoms with Gasteiger partial charge in [0.15, 0.2) is 0 Å². The molecule has 2 aromatic carbocycles. The van der Waals surface area contributed by atoms with Crippen LogP contribution < -0.4 is 10.1 Å². The van der Waals surface area contributed by atoms with Gasteiger partial charge in [-0.25, -0.2) is 4.39 Å². The van der Waals surface area contributed by atoms with Crippen LogP contribution in [0.5, 0.6) is 5.75 Å². The maximum atomic E-state index is 13.8. The van der Waals surface area contributed by atoms with Gasteiger partial charge in [0, 0.05) is 17.1 Å². The Morgan fingerprint density at radius 2 is 1.92 bits per heavy atom. The fraction of sp³-hybridized carbons (Fsp3) is 0.294. The first-order chi connectivity index (χ1) is 11.3. The summed E-state index contributed by atoms with van der Waals surface area (Å²) in [5.74, 6) is -0.907. The number of halogens is 5. The van der Waals surface area contributed by atoms with E-state index in [4.69, 9.17) is 16.3 Å². The highest BCUT2D eigenvalue weighted by Crippen LogP contribution is 2.39. The largest absolute Gasteiger partial charge is 0.488 e. The van der Waals surface area contributed by atoms with Gasteiger partial charge >= 0.3 is 6.18 Å². The third-order valence-corrected chi connectivity index (χ3v) is 4.13. The molecule has 3 rings (SSSR count). The van der Waals surface area contributed by atoms with E-state index in [9.17, 15) is 17.6 Å². The molecule has 0 fully saturated rings. The maximum absolute atomic E-state index is 13.8. The van der Waals surface area contributed by atoms with E-state index in [1.165, 1.54) is 18.2 Å². The van der Waals surface area contributed by atoms with Crippen molar-refractivity contribution in [1.82, 2.24) is 5.32 Å². The number of benzene rings is 2. The molecule has 0 saturated carbocycles. The van der Waals surface area contributed by atoms with Gasteiger partial charge in [-0.3, -0.25) is 0 Å². The number of hydrogen-bond donors (Lipinski definition) is 1. The van der Waals surface area contributed by atoms with Crippen LogP contribution in [-0.4, -0.2) is 6.54 Å². The molecule has 1 heterocycles. The average molecular weight is 360 g/mol. The predicted molar refractivity (Wildman–Crippen MR) is 82.6 cm³/mol. The van der Waals surface area contributed by atoms with E-state index in [1.807, 2.05) is 0 Å². The molecule has 2 aromatic rings. The molecule has 0 aromatic heterocycles. The molecule has 1 aliphatic heterocycles. The van der Waals surface area contributed by atoms with Gasteiger partial charge in [-0.2, -0.15) is 13.2 Å². The second kappa shape index (κ2) is 6.61. The quantitative estimate of drug-likeness (QED) is 0.800. The smallest absolute Gasteiger partial charge is 0.419 e. The van der Waals surface area contributed by atoms with Gasteiger partial charge in [0.05, 0.1) is 5.56 Å². The van der Waals surface area contributed by atoms with Gasteiger partial charge in [0.1, 0.15) is 18.2 Å². The lowest BCUT2D eigenvalue weighted by atomic mass is 9.97. The first kappa shape index (κ1) is 17.0. The van der Waals surface area contributed by atoms with Crippen molar-refractivity contribution in [2.75, 3.05) is 6.54 Å². The molecule has 0 atom stereocenters. The van der Waals surface area contributed by atoms with Crippen molar-refractivity contribution in [3.05, 3.63) is 63.4 Å². The van der Waals surface area contributed by atoms with Crippen molar-refractivity contribution in [2.45, 2.75) is 25.7 Å². The Kier molecular flexibility index (Phi) is 4.69. The van der Waals surface area contributed by atoms with Gasteiger partial charge in [-0.15, -0.1) is 0 Å². The zero-order valence-corrected chi connectivity index (χ0v) is 13.3. The van der Waals surface area contributed by atoms with Crippen molar-refractivity contribution in [3.8, 4) is 5.75 Å². The Morgan fingerprint density at radius 3 is 2.62 bits per heavy atom. The van der Waals surface area contributed by atoms with E-state index in [-0.39, 0.29) is 22.9 Å². The van der Waals surface area contributed by atoms with Crippen LogP contribution >= 0.6 is 11.6 Å². The zero-order chi connectivity index (χ0) is 17.3. The van der Waals surface area contributed by atoms with Crippen molar-refractivity contribution < 1.29 is 22.3 Å². The molecule has 0 bridgehead atoms. The van der Waals surface area contributed by atoms with E-state index in [0.717, 1.165) is 17.7 Å². The lowest BCUT2D eigenvalue weighted by molar-refractivity contribution is -0.139. The summed E-state index contributed by atoms with van der Waals surface area (Å²) < 4.78 is 58.9. The monoisotopic (exact) mass is 359 g/mol. The number of nitrogens with one attached hydrogen (secondary N) is 1. The third kappa shape index (κ3) is 3.65. The minimum absolute atomic E-state index is 0.142. The van der Waals surface area contributed by atoms with Crippen LogP contribution in [0.15, 0.2) is 30.3 Å². The topological polar surface area (TPSA) is 21.3 Å². The standard InChI is InChI=1S/C17H14ClF4NO/c18-13-2-1-11(15(19)7-13)9-24-16-6-12-8-23-4-3-10(12)5-14(16)17(20,21)22/h1-2,5-7,23H,3-4,8-9H2. The molecule has 0 radical (unpaired) electrons. The summed E-state index contributed by atoms with van der Waals surface area (Å²) in [5, 5.41) is 3.32. The zero-order valence-electron chi connectivity index (χ0n) is 12.5. The minimum atomic E-state index is -4.53. The van der Waals surface area contributed by atoms with Crippen LogP contribution in [0.4, 0.5) is 17.6 Å². The molecule has 128 valence electrons. The molecule has 0 saturated heterocycles. The molecule has 1 N–H and O–H groups in total. The molecule has 0 aliphatic carbocycles. The highest BCUT2D eigenvalue weighted by molar-refractivity contribution is 6.30. The minimum Gasteiger partial charge on any atom is -0.488 e. The Bertz CT molecular complexity index is 761. The molecule has 1 aliphatic rings. The van der Waals surface area contributed by atoms with Crippen LogP contribution in [0.1, 0.15) is 22.3 Å². The summed E-state index contributed by atoms with van der Waals surface area (Å²) in [6, 6.07) is 6.47. The number of rotatable bonds is 3. The Morgan fingerprint density at radius 1 is 1.12 bits per heavy atom. The van der Waals surface area contributed by atoms with E-state index in [2.05, 4.69) is 5.32 Å². The summed E-state index contributed by atoms with van der Waals surface area (Å²) in [6.45, 7) is 0.817. The summed E-state index contributed by atoms with van der Waals surface area (Å²) in [7, 11) is 0. The molecule has 0 unspecified atom stereocenters. The van der Waals surface area contributed by atoms with E-state index in [1.54, 1.807) is 0 Å². The maximum Gasteiger partial charge on any atom is 0.419 e. The Balaban J connectivity index is 1.91. The summed E-state index contributed by atoms with van der Waals surface area (Å²) in [6.07, 6.45) is -4.00. The van der Waals surface area contributed by atoms with Crippen molar-refractivity contribution >= 4 is 11.6 Å². The number of fused-ring (bicyclic) bond motifs is 1. The molecular formula is C17H14ClF4NO. The van der Waals surface area contributed by atoms with E-state index in [0.29, 0.717) is 25.1 Å². The van der Waals surface area contributed by atoms with Gasteiger partial charge in [0.25, 0.3) is 0 Å². The van der Waals surface area contributed by atoms with Crippen LogP contribution in [-0.2, 0) is 25.7 Å². The van der Waals surface area contributed by atoms with Crippen molar-refractivity contribution in [1.29, 1.82) is 0 Å². The summed E-state index contributed by atoms with van der Waals surface area (Å²) in [4.78, 5) is 0. The van der Waals surface area contributed by atoms with Crippen molar-refractivity contribution in [2.24, 2.45) is 0 Å². The lowest BCUT2D eigenvalue weighted by Crippen LogP contribution is -2.24. The van der Waals surface area contributed by atoms with Crippen LogP contribution in [0.2, 0.25) is 5.02 Å². The van der Waals surface area contributed by atoms with Crippen LogP contribution in [0, 0.1) is 5.82 Å². The molecule has 2 nitrogen and oxygen atoms in total. The number of hydrogen-bond acceptors (Lipinski definition) is 2. The molecule has 7 heteroatoms. The van der Waals surface area contributed by atoms with Crippen molar-refractivity contribution in [3.63, 3.8) is 0 Å². The first-order valence-corrected chi connectivity index (χ1v) is 7.73. The van der Waals surface area contributed by atoms with Gasteiger partial charge in [-0.05, 0) is 48.4 Å². The fourth-order valence-corrected chi connectivity index (χ4v) is 2.80. The predicted octanol–water partition coefficient (Wildman–Crippen LogP) is 4.72.